The third-order valence-electron chi connectivity index (χ3n) is 2.99. The molecule has 0 atom stereocenters. The van der Waals surface area contributed by atoms with Gasteiger partial charge < -0.3 is 5.73 Å². The van der Waals surface area contributed by atoms with E-state index >= 15 is 0 Å². The van der Waals surface area contributed by atoms with Gasteiger partial charge in [0.2, 0.25) is 0 Å². The van der Waals surface area contributed by atoms with Crippen molar-refractivity contribution in [2.45, 2.75) is 47.2 Å². The highest BCUT2D eigenvalue weighted by Crippen LogP contribution is 2.10. The van der Waals surface area contributed by atoms with Gasteiger partial charge in [0.05, 0.1) is 17.2 Å². The van der Waals surface area contributed by atoms with Crippen LogP contribution < -0.4 is 5.73 Å². The molecule has 3 N–H and O–H groups in total. The lowest BCUT2D eigenvalue weighted by Gasteiger charge is -2.24. The summed E-state index contributed by atoms with van der Waals surface area (Å²) in [5.74, 6) is 0.861. The predicted octanol–water partition coefficient (Wildman–Crippen LogP) is 2.00. The van der Waals surface area contributed by atoms with Crippen LogP contribution in [0.25, 0.3) is 0 Å². The summed E-state index contributed by atoms with van der Waals surface area (Å²) >= 11 is 0. The summed E-state index contributed by atoms with van der Waals surface area (Å²) in [7, 11) is 0. The number of aromatic nitrogens is 2. The van der Waals surface area contributed by atoms with E-state index in [0.29, 0.717) is 12.3 Å². The molecule has 19 heavy (non-hydrogen) atoms. The van der Waals surface area contributed by atoms with Crippen molar-refractivity contribution in [1.29, 1.82) is 5.41 Å². The summed E-state index contributed by atoms with van der Waals surface area (Å²) in [4.78, 5) is 2.36. The standard InChI is InChI=1S/C14H27N5/c1-5-19-13(8-12(4)17-19)10-18(9-11(2)3)7-6-14(15)16/h8,11H,5-7,9-10H2,1-4H3,(H3,15,16). The Morgan fingerprint density at radius 3 is 2.74 bits per heavy atom. The van der Waals surface area contributed by atoms with E-state index in [2.05, 4.69) is 41.5 Å². The summed E-state index contributed by atoms with van der Waals surface area (Å²) in [6.45, 7) is 12.2. The second-order valence-corrected chi connectivity index (χ2v) is 5.50. The van der Waals surface area contributed by atoms with Crippen LogP contribution in [0.2, 0.25) is 0 Å². The van der Waals surface area contributed by atoms with Gasteiger partial charge in [0.25, 0.3) is 0 Å². The van der Waals surface area contributed by atoms with Crippen LogP contribution in [0.5, 0.6) is 0 Å². The number of nitrogens with zero attached hydrogens (tertiary/aromatic N) is 3. The van der Waals surface area contributed by atoms with Gasteiger partial charge in [-0.15, -0.1) is 0 Å². The molecule has 0 unspecified atom stereocenters. The second kappa shape index (κ2) is 7.28. The zero-order valence-electron chi connectivity index (χ0n) is 12.6. The van der Waals surface area contributed by atoms with Crippen molar-refractivity contribution in [3.05, 3.63) is 17.5 Å². The van der Waals surface area contributed by atoms with Gasteiger partial charge in [-0.25, -0.2) is 0 Å². The van der Waals surface area contributed by atoms with E-state index in [9.17, 15) is 0 Å². The number of nitrogens with one attached hydrogen (secondary N) is 1. The fraction of sp³-hybridized carbons (Fsp3) is 0.714. The molecular weight excluding hydrogens is 238 g/mol. The molecule has 1 rings (SSSR count). The zero-order valence-corrected chi connectivity index (χ0v) is 12.6. The molecule has 0 aliphatic rings. The molecule has 0 fully saturated rings. The third kappa shape index (κ3) is 5.42. The Morgan fingerprint density at radius 2 is 2.21 bits per heavy atom. The molecule has 0 saturated heterocycles. The van der Waals surface area contributed by atoms with Crippen molar-refractivity contribution < 1.29 is 0 Å². The molecule has 0 amide bonds. The molecule has 1 aromatic heterocycles. The molecule has 1 heterocycles. The topological polar surface area (TPSA) is 70.9 Å². The molecule has 1 aromatic rings. The first-order chi connectivity index (χ1) is 8.92. The third-order valence-corrected chi connectivity index (χ3v) is 2.99. The lowest BCUT2D eigenvalue weighted by atomic mass is 10.2. The molecular formula is C14H27N5. The SMILES string of the molecule is CCn1nc(C)cc1CN(CCC(=N)N)CC(C)C. The first-order valence-electron chi connectivity index (χ1n) is 7.01. The molecule has 5 nitrogen and oxygen atoms in total. The number of hydrogen-bond donors (Lipinski definition) is 2. The van der Waals surface area contributed by atoms with Gasteiger partial charge in [0.15, 0.2) is 0 Å². The van der Waals surface area contributed by atoms with E-state index in [4.69, 9.17) is 11.1 Å². The summed E-state index contributed by atoms with van der Waals surface area (Å²) in [6, 6.07) is 2.14. The average Bonchev–Trinajstić information content (AvgIpc) is 2.65. The summed E-state index contributed by atoms with van der Waals surface area (Å²) in [6.07, 6.45) is 0.631. The smallest absolute Gasteiger partial charge is 0.0918 e. The minimum absolute atomic E-state index is 0.258. The fourth-order valence-corrected chi connectivity index (χ4v) is 2.26. The van der Waals surface area contributed by atoms with Crippen molar-refractivity contribution in [2.75, 3.05) is 13.1 Å². The van der Waals surface area contributed by atoms with Crippen molar-refractivity contribution in [1.82, 2.24) is 14.7 Å². The van der Waals surface area contributed by atoms with Crippen LogP contribution in [0.1, 0.15) is 38.6 Å². The van der Waals surface area contributed by atoms with Gasteiger partial charge in [0.1, 0.15) is 0 Å². The Kier molecular flexibility index (Phi) is 6.02. The molecule has 108 valence electrons. The van der Waals surface area contributed by atoms with Crippen LogP contribution >= 0.6 is 0 Å². The van der Waals surface area contributed by atoms with Gasteiger partial charge in [-0.2, -0.15) is 5.10 Å². The Morgan fingerprint density at radius 1 is 1.53 bits per heavy atom. The van der Waals surface area contributed by atoms with Crippen LogP contribution in [0.4, 0.5) is 0 Å². The highest BCUT2D eigenvalue weighted by molar-refractivity contribution is 5.76. The normalized spacial score (nSPS) is 11.5. The van der Waals surface area contributed by atoms with Crippen molar-refractivity contribution >= 4 is 5.84 Å². The minimum Gasteiger partial charge on any atom is -0.388 e. The maximum atomic E-state index is 7.37. The predicted molar refractivity (Wildman–Crippen MR) is 79.3 cm³/mol. The molecule has 0 aliphatic carbocycles. The quantitative estimate of drug-likeness (QED) is 0.558. The number of aryl methyl sites for hydroxylation is 2. The molecule has 0 aliphatic heterocycles. The number of hydrogen-bond acceptors (Lipinski definition) is 3. The minimum atomic E-state index is 0.258. The van der Waals surface area contributed by atoms with Crippen molar-refractivity contribution in [2.24, 2.45) is 11.7 Å². The lowest BCUT2D eigenvalue weighted by Crippen LogP contribution is -2.31. The Hall–Kier alpha value is -1.36. The summed E-state index contributed by atoms with van der Waals surface area (Å²) in [5, 5.41) is 11.8. The molecule has 0 saturated carbocycles. The van der Waals surface area contributed by atoms with E-state index in [0.717, 1.165) is 31.9 Å². The molecule has 5 heteroatoms. The summed E-state index contributed by atoms with van der Waals surface area (Å²) in [5.41, 5.74) is 7.77. The second-order valence-electron chi connectivity index (χ2n) is 5.50. The fourth-order valence-electron chi connectivity index (χ4n) is 2.26. The van der Waals surface area contributed by atoms with E-state index in [1.165, 1.54) is 5.69 Å². The number of amidine groups is 1. The van der Waals surface area contributed by atoms with Crippen LogP contribution in [0.3, 0.4) is 0 Å². The van der Waals surface area contributed by atoms with Crippen molar-refractivity contribution in [3.63, 3.8) is 0 Å². The highest BCUT2D eigenvalue weighted by atomic mass is 15.3. The van der Waals surface area contributed by atoms with Crippen LogP contribution in [-0.4, -0.2) is 33.6 Å². The molecule has 0 spiro atoms. The van der Waals surface area contributed by atoms with Gasteiger partial charge >= 0.3 is 0 Å². The van der Waals surface area contributed by atoms with E-state index in [1.807, 2.05) is 6.92 Å². The highest BCUT2D eigenvalue weighted by Gasteiger charge is 2.12. The van der Waals surface area contributed by atoms with Crippen LogP contribution in [0, 0.1) is 18.3 Å². The van der Waals surface area contributed by atoms with Crippen LogP contribution in [-0.2, 0) is 13.1 Å². The Bertz CT molecular complexity index is 408. The zero-order chi connectivity index (χ0) is 14.4. The van der Waals surface area contributed by atoms with Crippen molar-refractivity contribution in [3.8, 4) is 0 Å². The maximum absolute atomic E-state index is 7.37. The molecule has 0 aromatic carbocycles. The largest absolute Gasteiger partial charge is 0.388 e. The lowest BCUT2D eigenvalue weighted by molar-refractivity contribution is 0.235. The number of rotatable bonds is 8. The van der Waals surface area contributed by atoms with Crippen LogP contribution in [0.15, 0.2) is 6.07 Å². The van der Waals surface area contributed by atoms with E-state index in [1.54, 1.807) is 0 Å². The number of nitrogens with two attached hydrogens (primary N) is 1. The van der Waals surface area contributed by atoms with E-state index in [-0.39, 0.29) is 5.84 Å². The monoisotopic (exact) mass is 265 g/mol. The summed E-state index contributed by atoms with van der Waals surface area (Å²) < 4.78 is 2.05. The maximum Gasteiger partial charge on any atom is 0.0918 e. The molecule has 0 radical (unpaired) electrons. The molecule has 0 bridgehead atoms. The van der Waals surface area contributed by atoms with Gasteiger partial charge in [0, 0.05) is 32.6 Å². The average molecular weight is 265 g/mol. The van der Waals surface area contributed by atoms with Gasteiger partial charge in [-0.05, 0) is 25.8 Å². The van der Waals surface area contributed by atoms with Gasteiger partial charge in [-0.3, -0.25) is 15.0 Å². The Labute approximate surface area is 116 Å². The first kappa shape index (κ1) is 15.7. The Balaban J connectivity index is 2.71. The van der Waals surface area contributed by atoms with Gasteiger partial charge in [-0.1, -0.05) is 13.8 Å². The first-order valence-corrected chi connectivity index (χ1v) is 7.01. The van der Waals surface area contributed by atoms with E-state index < -0.39 is 0 Å².